The van der Waals surface area contributed by atoms with Crippen molar-refractivity contribution in [1.29, 1.82) is 0 Å². The highest BCUT2D eigenvalue weighted by Crippen LogP contribution is 2.50. The lowest BCUT2D eigenvalue weighted by molar-refractivity contribution is -0.116. The van der Waals surface area contributed by atoms with Gasteiger partial charge in [0.1, 0.15) is 0 Å². The van der Waals surface area contributed by atoms with Gasteiger partial charge in [-0.2, -0.15) is 0 Å². The Morgan fingerprint density at radius 2 is 1.70 bits per heavy atom. The van der Waals surface area contributed by atoms with E-state index in [0.29, 0.717) is 19.6 Å². The van der Waals surface area contributed by atoms with Gasteiger partial charge in [0.15, 0.2) is 0 Å². The number of carbonyl (C=O) groups is 2. The van der Waals surface area contributed by atoms with E-state index in [1.165, 1.54) is 5.56 Å². The lowest BCUT2D eigenvalue weighted by Crippen LogP contribution is -2.59. The van der Waals surface area contributed by atoms with E-state index in [2.05, 4.69) is 58.5 Å². The van der Waals surface area contributed by atoms with E-state index >= 15 is 0 Å². The van der Waals surface area contributed by atoms with Crippen molar-refractivity contribution in [3.63, 3.8) is 0 Å². The third kappa shape index (κ3) is 4.94. The second-order valence-corrected chi connectivity index (χ2v) is 11.3. The number of nitrogens with zero attached hydrogens (tertiary/aromatic N) is 5. The zero-order valence-corrected chi connectivity index (χ0v) is 21.9. The summed E-state index contributed by atoms with van der Waals surface area (Å²) in [5, 5.41) is 13.7. The monoisotopic (exact) mass is 506 g/mol. The minimum absolute atomic E-state index is 0.0684. The van der Waals surface area contributed by atoms with E-state index in [1.54, 1.807) is 23.4 Å². The Morgan fingerprint density at radius 1 is 1.03 bits per heavy atom. The van der Waals surface area contributed by atoms with Gasteiger partial charge < -0.3 is 14.9 Å². The molecule has 9 nitrogen and oxygen atoms in total. The van der Waals surface area contributed by atoms with Gasteiger partial charge in [-0.05, 0) is 70.7 Å². The molecule has 2 aliphatic carbocycles. The number of aromatic nitrogens is 2. The van der Waals surface area contributed by atoms with E-state index in [4.69, 9.17) is 0 Å². The highest BCUT2D eigenvalue weighted by Gasteiger charge is 2.56. The van der Waals surface area contributed by atoms with Gasteiger partial charge in [-0.3, -0.25) is 15.0 Å². The van der Waals surface area contributed by atoms with Gasteiger partial charge in [-0.15, -0.1) is 0 Å². The molecule has 37 heavy (non-hydrogen) atoms. The highest BCUT2D eigenvalue weighted by molar-refractivity contribution is 5.89. The molecule has 1 aliphatic heterocycles. The van der Waals surface area contributed by atoms with Crippen LogP contribution in [0.1, 0.15) is 56.9 Å². The fourth-order valence-corrected chi connectivity index (χ4v) is 6.42. The van der Waals surface area contributed by atoms with E-state index in [9.17, 15) is 14.7 Å². The maximum atomic E-state index is 13.7. The summed E-state index contributed by atoms with van der Waals surface area (Å²) in [4.78, 5) is 40.4. The number of aliphatic hydroxyl groups is 1. The summed E-state index contributed by atoms with van der Waals surface area (Å²) in [7, 11) is 4.28. The molecule has 198 valence electrons. The molecule has 3 aliphatic rings. The van der Waals surface area contributed by atoms with Crippen LogP contribution in [0.4, 0.5) is 10.7 Å². The molecule has 9 heteroatoms. The minimum Gasteiger partial charge on any atom is -0.388 e. The molecule has 2 N–H and O–H groups in total. The lowest BCUT2D eigenvalue weighted by Gasteiger charge is -2.52. The molecule has 0 bridgehead atoms. The molecule has 0 atom stereocenters. The first-order valence-electron chi connectivity index (χ1n) is 13.3. The van der Waals surface area contributed by atoms with E-state index < -0.39 is 5.60 Å². The molecule has 0 radical (unpaired) electrons. The number of rotatable bonds is 8. The number of β-amino-alcohol motifs (C(OH)–C–C–N with tert-alkyl or cyclic N) is 1. The lowest BCUT2D eigenvalue weighted by atomic mass is 9.67. The molecule has 3 amide bonds. The molecule has 1 aromatic carbocycles. The van der Waals surface area contributed by atoms with Gasteiger partial charge in [0.25, 0.3) is 0 Å². The Balaban J connectivity index is 1.32. The SMILES string of the molecule is CN(C)[C@]1(c2ccccc2)CC[C@]2(CC1)CN(CCC(=O)Nc1ncccn1)C(=O)N2CC1(O)CCC1. The van der Waals surface area contributed by atoms with Crippen molar-refractivity contribution in [1.82, 2.24) is 24.7 Å². The van der Waals surface area contributed by atoms with Crippen LogP contribution in [0.15, 0.2) is 48.8 Å². The van der Waals surface area contributed by atoms with Crippen LogP contribution in [0.5, 0.6) is 0 Å². The first-order chi connectivity index (χ1) is 17.8. The Morgan fingerprint density at radius 3 is 2.30 bits per heavy atom. The average Bonchev–Trinajstić information content (AvgIpc) is 3.13. The molecule has 1 saturated heterocycles. The van der Waals surface area contributed by atoms with E-state index in [-0.39, 0.29) is 35.4 Å². The fraction of sp³-hybridized carbons (Fsp3) is 0.571. The fourth-order valence-electron chi connectivity index (χ4n) is 6.42. The van der Waals surface area contributed by atoms with Gasteiger partial charge in [0.05, 0.1) is 17.7 Å². The summed E-state index contributed by atoms with van der Waals surface area (Å²) >= 11 is 0. The first-order valence-corrected chi connectivity index (χ1v) is 13.3. The average molecular weight is 507 g/mol. The van der Waals surface area contributed by atoms with Gasteiger partial charge in [0.2, 0.25) is 11.9 Å². The summed E-state index contributed by atoms with van der Waals surface area (Å²) < 4.78 is 0. The third-order valence-corrected chi connectivity index (χ3v) is 8.90. The molecular formula is C28H38N6O3. The van der Waals surface area contributed by atoms with Crippen molar-refractivity contribution in [3.05, 3.63) is 54.4 Å². The van der Waals surface area contributed by atoms with Crippen LogP contribution in [0, 0.1) is 0 Å². The van der Waals surface area contributed by atoms with Crippen molar-refractivity contribution in [2.75, 3.05) is 39.0 Å². The molecule has 1 aromatic heterocycles. The summed E-state index contributed by atoms with van der Waals surface area (Å²) in [5.41, 5.74) is 0.0868. The zero-order chi connectivity index (χ0) is 26.1. The van der Waals surface area contributed by atoms with Crippen LogP contribution in [-0.4, -0.2) is 86.6 Å². The Kier molecular flexibility index (Phi) is 6.93. The predicted octanol–water partition coefficient (Wildman–Crippen LogP) is 3.23. The van der Waals surface area contributed by atoms with Crippen LogP contribution in [-0.2, 0) is 10.3 Å². The Hall–Kier alpha value is -3.04. The van der Waals surface area contributed by atoms with Crippen LogP contribution in [0.3, 0.4) is 0 Å². The molecule has 2 heterocycles. The number of hydrogen-bond acceptors (Lipinski definition) is 6. The quantitative estimate of drug-likeness (QED) is 0.570. The number of urea groups is 1. The third-order valence-electron chi connectivity index (χ3n) is 8.90. The molecule has 2 aromatic rings. The van der Waals surface area contributed by atoms with Crippen molar-refractivity contribution in [2.45, 2.75) is 68.0 Å². The minimum atomic E-state index is -0.795. The van der Waals surface area contributed by atoms with Gasteiger partial charge in [-0.25, -0.2) is 14.8 Å². The Labute approximate surface area is 218 Å². The van der Waals surface area contributed by atoms with Crippen LogP contribution < -0.4 is 5.32 Å². The number of hydrogen-bond donors (Lipinski definition) is 2. The topological polar surface area (TPSA) is 102 Å². The standard InChI is InChI=1S/C28H38N6O3/c1-32(2)28(22-8-4-3-5-9-22)15-13-26(14-16-28)20-33(25(36)34(26)21-27(37)11-6-12-27)19-10-23(35)31-24-29-17-7-18-30-24/h3-5,7-9,17-18,37H,6,10-16,19-21H2,1-2H3,(H,29,30,31,35)/t26-,28+. The van der Waals surface area contributed by atoms with Crippen molar-refractivity contribution >= 4 is 17.9 Å². The maximum absolute atomic E-state index is 13.7. The number of benzene rings is 1. The van der Waals surface area contributed by atoms with Crippen molar-refractivity contribution in [3.8, 4) is 0 Å². The van der Waals surface area contributed by atoms with Crippen LogP contribution >= 0.6 is 0 Å². The maximum Gasteiger partial charge on any atom is 0.320 e. The smallest absolute Gasteiger partial charge is 0.320 e. The van der Waals surface area contributed by atoms with E-state index in [1.807, 2.05) is 11.0 Å². The van der Waals surface area contributed by atoms with Gasteiger partial charge in [0, 0.05) is 37.4 Å². The second-order valence-electron chi connectivity index (χ2n) is 11.3. The summed E-state index contributed by atoms with van der Waals surface area (Å²) in [6, 6.07) is 12.3. The summed E-state index contributed by atoms with van der Waals surface area (Å²) in [6.07, 6.45) is 9.33. The van der Waals surface area contributed by atoms with Crippen molar-refractivity contribution in [2.24, 2.45) is 0 Å². The van der Waals surface area contributed by atoms with E-state index in [0.717, 1.165) is 44.9 Å². The van der Waals surface area contributed by atoms with Gasteiger partial charge in [-0.1, -0.05) is 30.3 Å². The Bertz CT molecular complexity index is 1100. The number of anilines is 1. The summed E-state index contributed by atoms with van der Waals surface area (Å²) in [6.45, 7) is 1.27. The highest BCUT2D eigenvalue weighted by atomic mass is 16.3. The number of amides is 3. The molecule has 1 spiro atoms. The van der Waals surface area contributed by atoms with Gasteiger partial charge >= 0.3 is 6.03 Å². The molecular weight excluding hydrogens is 468 g/mol. The predicted molar refractivity (Wildman–Crippen MR) is 141 cm³/mol. The summed E-state index contributed by atoms with van der Waals surface area (Å²) in [5.74, 6) is 0.0437. The number of nitrogens with one attached hydrogen (secondary N) is 1. The normalized spacial score (nSPS) is 27.0. The molecule has 5 rings (SSSR count). The first kappa shape index (κ1) is 25.6. The molecule has 2 saturated carbocycles. The largest absolute Gasteiger partial charge is 0.388 e. The van der Waals surface area contributed by atoms with Crippen LogP contribution in [0.25, 0.3) is 0 Å². The zero-order valence-electron chi connectivity index (χ0n) is 21.9. The second kappa shape index (κ2) is 10.0. The molecule has 3 fully saturated rings. The van der Waals surface area contributed by atoms with Crippen LogP contribution in [0.2, 0.25) is 0 Å². The molecule has 0 unspecified atom stereocenters. The van der Waals surface area contributed by atoms with Crippen molar-refractivity contribution < 1.29 is 14.7 Å². The number of carbonyl (C=O) groups excluding carboxylic acids is 2.